The molecule has 0 atom stereocenters. The van der Waals surface area contributed by atoms with Crippen LogP contribution in [-0.4, -0.2) is 16.8 Å². The molecule has 0 amide bonds. The summed E-state index contributed by atoms with van der Waals surface area (Å²) in [7, 11) is 0. The van der Waals surface area contributed by atoms with Crippen molar-refractivity contribution in [1.82, 2.24) is 0 Å². The number of phenols is 1. The van der Waals surface area contributed by atoms with Gasteiger partial charge in [0.1, 0.15) is 5.75 Å². The van der Waals surface area contributed by atoms with Crippen LogP contribution < -0.4 is 0 Å². The van der Waals surface area contributed by atoms with Gasteiger partial charge >= 0.3 is 0 Å². The Hall–Kier alpha value is -1.54. The van der Waals surface area contributed by atoms with Crippen molar-refractivity contribution in [3.63, 3.8) is 0 Å². The maximum atomic E-state index is 9.79. The topological polar surface area (TPSA) is 40.5 Å². The van der Waals surface area contributed by atoms with Gasteiger partial charge in [-0.1, -0.05) is 30.3 Å². The largest absolute Gasteiger partial charge is 0.507 e. The van der Waals surface area contributed by atoms with Crippen LogP contribution >= 0.6 is 0 Å². The predicted octanol–water partition coefficient (Wildman–Crippen LogP) is 2.57. The van der Waals surface area contributed by atoms with Gasteiger partial charge in [-0.05, 0) is 29.9 Å². The van der Waals surface area contributed by atoms with Crippen LogP contribution in [0, 0.1) is 0 Å². The lowest BCUT2D eigenvalue weighted by atomic mass is 9.91. The van der Waals surface area contributed by atoms with E-state index in [-0.39, 0.29) is 12.0 Å². The highest BCUT2D eigenvalue weighted by Crippen LogP contribution is 2.50. The van der Waals surface area contributed by atoms with E-state index in [4.69, 9.17) is 0 Å². The summed E-state index contributed by atoms with van der Waals surface area (Å²) in [5, 5.41) is 21.2. The molecular weight excluding hydrogens is 200 g/mol. The van der Waals surface area contributed by atoms with Gasteiger partial charge in [0.2, 0.25) is 0 Å². The summed E-state index contributed by atoms with van der Waals surface area (Å²) >= 11 is 0. The van der Waals surface area contributed by atoms with E-state index in [2.05, 4.69) is 6.07 Å². The van der Waals surface area contributed by atoms with E-state index in [9.17, 15) is 10.2 Å². The second-order valence-corrected chi connectivity index (χ2v) is 4.62. The summed E-state index contributed by atoms with van der Waals surface area (Å²) in [4.78, 5) is 0. The Balaban J connectivity index is 2.30. The van der Waals surface area contributed by atoms with Crippen molar-refractivity contribution in [2.75, 3.05) is 6.61 Å². The first-order valence-electron chi connectivity index (χ1n) is 5.59. The Bertz CT molecular complexity index is 541. The maximum absolute atomic E-state index is 9.79. The molecule has 0 unspecified atom stereocenters. The second-order valence-electron chi connectivity index (χ2n) is 4.62. The van der Waals surface area contributed by atoms with E-state index in [1.165, 1.54) is 5.56 Å². The molecule has 0 aromatic heterocycles. The van der Waals surface area contributed by atoms with Gasteiger partial charge in [-0.3, -0.25) is 0 Å². The van der Waals surface area contributed by atoms with Crippen LogP contribution in [-0.2, 0) is 5.41 Å². The van der Waals surface area contributed by atoms with Gasteiger partial charge in [0.15, 0.2) is 0 Å². The van der Waals surface area contributed by atoms with E-state index in [1.54, 1.807) is 6.07 Å². The third-order valence-electron chi connectivity index (χ3n) is 3.63. The minimum absolute atomic E-state index is 0.0483. The van der Waals surface area contributed by atoms with Crippen molar-refractivity contribution < 1.29 is 10.2 Å². The van der Waals surface area contributed by atoms with E-state index in [0.717, 1.165) is 23.6 Å². The van der Waals surface area contributed by atoms with Gasteiger partial charge in [0.05, 0.1) is 6.61 Å². The quantitative estimate of drug-likeness (QED) is 0.806. The predicted molar refractivity (Wildman–Crippen MR) is 63.6 cm³/mol. The number of benzene rings is 2. The normalized spacial score (nSPS) is 17.6. The standard InChI is InChI=1S/C14H14O2/c15-9-14(7-8-14)12-5-1-4-11-10(12)3-2-6-13(11)16/h1-6,15-16H,7-9H2. The molecule has 2 aromatic carbocycles. The number of rotatable bonds is 2. The molecule has 2 aromatic rings. The minimum atomic E-state index is -0.0483. The van der Waals surface area contributed by atoms with Crippen molar-refractivity contribution in [3.05, 3.63) is 42.0 Å². The average Bonchev–Trinajstić information content (AvgIpc) is 3.10. The molecule has 2 nitrogen and oxygen atoms in total. The number of hydrogen-bond acceptors (Lipinski definition) is 2. The first kappa shape index (κ1) is 9.67. The molecule has 0 saturated heterocycles. The minimum Gasteiger partial charge on any atom is -0.507 e. The van der Waals surface area contributed by atoms with Crippen LogP contribution in [0.4, 0.5) is 0 Å². The van der Waals surface area contributed by atoms with E-state index >= 15 is 0 Å². The van der Waals surface area contributed by atoms with Crippen LogP contribution in [0.3, 0.4) is 0 Å². The molecule has 0 bridgehead atoms. The monoisotopic (exact) mass is 214 g/mol. The number of aromatic hydroxyl groups is 1. The van der Waals surface area contributed by atoms with Crippen LogP contribution in [0.5, 0.6) is 5.75 Å². The lowest BCUT2D eigenvalue weighted by Gasteiger charge is -2.15. The van der Waals surface area contributed by atoms with E-state index < -0.39 is 0 Å². The van der Waals surface area contributed by atoms with Gasteiger partial charge in [0.25, 0.3) is 0 Å². The molecule has 82 valence electrons. The molecule has 1 aliphatic carbocycles. The average molecular weight is 214 g/mol. The Morgan fingerprint density at radius 1 is 1.00 bits per heavy atom. The fourth-order valence-electron chi connectivity index (χ4n) is 2.42. The fourth-order valence-corrected chi connectivity index (χ4v) is 2.42. The summed E-state index contributed by atoms with van der Waals surface area (Å²) in [6.07, 6.45) is 2.08. The van der Waals surface area contributed by atoms with Crippen molar-refractivity contribution >= 4 is 10.8 Å². The number of aliphatic hydroxyl groups excluding tert-OH is 1. The molecule has 2 N–H and O–H groups in total. The molecule has 1 saturated carbocycles. The van der Waals surface area contributed by atoms with Crippen molar-refractivity contribution in [2.24, 2.45) is 0 Å². The van der Waals surface area contributed by atoms with Gasteiger partial charge in [0, 0.05) is 10.8 Å². The lowest BCUT2D eigenvalue weighted by Crippen LogP contribution is -2.12. The Labute approximate surface area is 94.2 Å². The Morgan fingerprint density at radius 3 is 2.38 bits per heavy atom. The SMILES string of the molecule is OCC1(c2cccc3c(O)cccc23)CC1. The first-order valence-corrected chi connectivity index (χ1v) is 5.59. The number of fused-ring (bicyclic) bond motifs is 1. The first-order chi connectivity index (χ1) is 7.77. The molecule has 2 heteroatoms. The summed E-state index contributed by atoms with van der Waals surface area (Å²) < 4.78 is 0. The molecule has 0 spiro atoms. The van der Waals surface area contributed by atoms with Crippen LogP contribution in [0.2, 0.25) is 0 Å². The smallest absolute Gasteiger partial charge is 0.123 e. The molecule has 0 radical (unpaired) electrons. The molecular formula is C14H14O2. The van der Waals surface area contributed by atoms with Crippen LogP contribution in [0.15, 0.2) is 36.4 Å². The highest BCUT2D eigenvalue weighted by Gasteiger charge is 2.44. The second kappa shape index (κ2) is 3.22. The molecule has 0 aliphatic heterocycles. The maximum Gasteiger partial charge on any atom is 0.123 e. The molecule has 1 aliphatic rings. The van der Waals surface area contributed by atoms with Gasteiger partial charge in [-0.15, -0.1) is 0 Å². The molecule has 16 heavy (non-hydrogen) atoms. The highest BCUT2D eigenvalue weighted by atomic mass is 16.3. The number of hydrogen-bond donors (Lipinski definition) is 2. The van der Waals surface area contributed by atoms with Crippen molar-refractivity contribution in [2.45, 2.75) is 18.3 Å². The molecule has 0 heterocycles. The van der Waals surface area contributed by atoms with E-state index in [1.807, 2.05) is 24.3 Å². The highest BCUT2D eigenvalue weighted by molar-refractivity contribution is 5.91. The van der Waals surface area contributed by atoms with Gasteiger partial charge in [-0.2, -0.15) is 0 Å². The van der Waals surface area contributed by atoms with Crippen molar-refractivity contribution in [3.8, 4) is 5.75 Å². The number of aliphatic hydroxyl groups is 1. The molecule has 3 rings (SSSR count). The summed E-state index contributed by atoms with van der Waals surface area (Å²) in [5.74, 6) is 0.313. The van der Waals surface area contributed by atoms with Crippen LogP contribution in [0.25, 0.3) is 10.8 Å². The number of phenolic OH excluding ortho intramolecular Hbond substituents is 1. The Kier molecular flexibility index (Phi) is 1.95. The zero-order valence-electron chi connectivity index (χ0n) is 8.98. The summed E-state index contributed by atoms with van der Waals surface area (Å²) in [6.45, 7) is 0.196. The zero-order valence-corrected chi connectivity index (χ0v) is 8.98. The third-order valence-corrected chi connectivity index (χ3v) is 3.63. The van der Waals surface area contributed by atoms with Crippen molar-refractivity contribution in [1.29, 1.82) is 0 Å². The summed E-state index contributed by atoms with van der Waals surface area (Å²) in [6, 6.07) is 11.5. The van der Waals surface area contributed by atoms with Crippen LogP contribution in [0.1, 0.15) is 18.4 Å². The fraction of sp³-hybridized carbons (Fsp3) is 0.286. The molecule has 1 fully saturated rings. The third kappa shape index (κ3) is 1.23. The van der Waals surface area contributed by atoms with Gasteiger partial charge in [-0.25, -0.2) is 0 Å². The van der Waals surface area contributed by atoms with Gasteiger partial charge < -0.3 is 10.2 Å². The lowest BCUT2D eigenvalue weighted by molar-refractivity contribution is 0.256. The summed E-state index contributed by atoms with van der Waals surface area (Å²) in [5.41, 5.74) is 1.12. The zero-order chi connectivity index (χ0) is 11.2. The Morgan fingerprint density at radius 2 is 1.69 bits per heavy atom. The van der Waals surface area contributed by atoms with E-state index in [0.29, 0.717) is 5.75 Å².